The van der Waals surface area contributed by atoms with Gasteiger partial charge >= 0.3 is 0 Å². The minimum Gasteiger partial charge on any atom is -0.493 e. The van der Waals surface area contributed by atoms with Crippen molar-refractivity contribution in [1.82, 2.24) is 4.98 Å². The van der Waals surface area contributed by atoms with Gasteiger partial charge < -0.3 is 4.74 Å². The van der Waals surface area contributed by atoms with E-state index in [4.69, 9.17) is 27.9 Å². The van der Waals surface area contributed by atoms with Gasteiger partial charge in [0.2, 0.25) is 0 Å². The van der Waals surface area contributed by atoms with E-state index in [-0.39, 0.29) is 5.75 Å². The predicted octanol–water partition coefficient (Wildman–Crippen LogP) is 4.20. The molecular weight excluding hydrogens is 264 g/mol. The Kier molecular flexibility index (Phi) is 3.50. The molecule has 17 heavy (non-hydrogen) atoms. The summed E-state index contributed by atoms with van der Waals surface area (Å²) in [7, 11) is 1.39. The average molecular weight is 272 g/mol. The lowest BCUT2D eigenvalue weighted by Gasteiger charge is -2.10. The molecule has 5 heteroatoms. The Morgan fingerprint density at radius 1 is 1.18 bits per heavy atom. The molecule has 1 heterocycles. The Morgan fingerprint density at radius 3 is 2.59 bits per heavy atom. The molecule has 0 aliphatic carbocycles. The van der Waals surface area contributed by atoms with Gasteiger partial charge in [0, 0.05) is 22.3 Å². The molecule has 0 saturated heterocycles. The van der Waals surface area contributed by atoms with Crippen LogP contribution in [0.25, 0.3) is 11.1 Å². The third kappa shape index (κ3) is 2.35. The molecular formula is C12H8Cl2FNO. The highest BCUT2D eigenvalue weighted by molar-refractivity contribution is 6.36. The number of benzene rings is 1. The van der Waals surface area contributed by atoms with Crippen molar-refractivity contribution in [3.63, 3.8) is 0 Å². The fraction of sp³-hybridized carbons (Fsp3) is 0.0833. The number of hydrogen-bond donors (Lipinski definition) is 0. The van der Waals surface area contributed by atoms with Crippen molar-refractivity contribution < 1.29 is 9.13 Å². The van der Waals surface area contributed by atoms with E-state index in [1.165, 1.54) is 13.3 Å². The first kappa shape index (κ1) is 12.1. The Morgan fingerprint density at radius 2 is 1.94 bits per heavy atom. The SMILES string of the molecule is COc1c(F)cncc1-c1ccc(Cl)cc1Cl. The van der Waals surface area contributed by atoms with Crippen LogP contribution in [0.1, 0.15) is 0 Å². The number of halogens is 3. The lowest BCUT2D eigenvalue weighted by Crippen LogP contribution is -1.93. The van der Waals surface area contributed by atoms with Crippen LogP contribution in [-0.2, 0) is 0 Å². The minimum atomic E-state index is -0.531. The molecule has 1 aromatic carbocycles. The van der Waals surface area contributed by atoms with Crippen molar-refractivity contribution in [1.29, 1.82) is 0 Å². The van der Waals surface area contributed by atoms with Gasteiger partial charge in [-0.3, -0.25) is 4.98 Å². The van der Waals surface area contributed by atoms with Crippen molar-refractivity contribution >= 4 is 23.2 Å². The van der Waals surface area contributed by atoms with Crippen LogP contribution in [0.2, 0.25) is 10.0 Å². The highest BCUT2D eigenvalue weighted by Gasteiger charge is 2.14. The maximum absolute atomic E-state index is 13.5. The number of aromatic nitrogens is 1. The molecule has 0 radical (unpaired) electrons. The van der Waals surface area contributed by atoms with E-state index in [2.05, 4.69) is 4.98 Å². The van der Waals surface area contributed by atoms with E-state index in [0.29, 0.717) is 21.2 Å². The lowest BCUT2D eigenvalue weighted by atomic mass is 10.1. The Balaban J connectivity index is 2.64. The zero-order valence-corrected chi connectivity index (χ0v) is 10.4. The summed E-state index contributed by atoms with van der Waals surface area (Å²) in [4.78, 5) is 3.79. The van der Waals surface area contributed by atoms with Gasteiger partial charge in [0.1, 0.15) is 0 Å². The fourth-order valence-corrected chi connectivity index (χ4v) is 2.04. The highest BCUT2D eigenvalue weighted by Crippen LogP contribution is 2.36. The smallest absolute Gasteiger partial charge is 0.183 e. The summed E-state index contributed by atoms with van der Waals surface area (Å²) in [6.45, 7) is 0. The molecule has 0 spiro atoms. The molecule has 0 amide bonds. The van der Waals surface area contributed by atoms with Crippen LogP contribution in [-0.4, -0.2) is 12.1 Å². The molecule has 2 aromatic rings. The quantitative estimate of drug-likeness (QED) is 0.817. The summed E-state index contributed by atoms with van der Waals surface area (Å²) in [5, 5.41) is 0.935. The molecule has 0 bridgehead atoms. The molecule has 2 nitrogen and oxygen atoms in total. The minimum absolute atomic E-state index is 0.115. The van der Waals surface area contributed by atoms with Gasteiger partial charge in [-0.05, 0) is 12.1 Å². The maximum Gasteiger partial charge on any atom is 0.183 e. The van der Waals surface area contributed by atoms with Gasteiger partial charge in [0.05, 0.1) is 18.3 Å². The first-order valence-electron chi connectivity index (χ1n) is 4.76. The summed E-state index contributed by atoms with van der Waals surface area (Å²) in [5.41, 5.74) is 1.12. The van der Waals surface area contributed by atoms with Crippen LogP contribution in [0.5, 0.6) is 5.75 Å². The van der Waals surface area contributed by atoms with Crippen LogP contribution in [0.3, 0.4) is 0 Å². The van der Waals surface area contributed by atoms with E-state index in [1.807, 2.05) is 0 Å². The van der Waals surface area contributed by atoms with Gasteiger partial charge in [-0.25, -0.2) is 4.39 Å². The Bertz CT molecular complexity index is 560. The van der Waals surface area contributed by atoms with Crippen molar-refractivity contribution in [2.45, 2.75) is 0 Å². The third-order valence-corrected chi connectivity index (χ3v) is 2.83. The molecule has 0 atom stereocenters. The van der Waals surface area contributed by atoms with Gasteiger partial charge in [0.25, 0.3) is 0 Å². The van der Waals surface area contributed by atoms with Crippen molar-refractivity contribution in [2.24, 2.45) is 0 Å². The number of nitrogens with zero attached hydrogens (tertiary/aromatic N) is 1. The van der Waals surface area contributed by atoms with Crippen LogP contribution in [0.4, 0.5) is 4.39 Å². The average Bonchev–Trinajstić information content (AvgIpc) is 2.29. The molecule has 0 unspecified atom stereocenters. The van der Waals surface area contributed by atoms with Crippen molar-refractivity contribution in [2.75, 3.05) is 7.11 Å². The third-order valence-electron chi connectivity index (χ3n) is 2.28. The summed E-state index contributed by atoms with van der Waals surface area (Å²) in [5.74, 6) is -0.416. The predicted molar refractivity (Wildman–Crippen MR) is 66.2 cm³/mol. The summed E-state index contributed by atoms with van der Waals surface area (Å²) < 4.78 is 18.5. The molecule has 88 valence electrons. The summed E-state index contributed by atoms with van der Waals surface area (Å²) in [6.07, 6.45) is 2.59. The molecule has 0 fully saturated rings. The monoisotopic (exact) mass is 271 g/mol. The number of ether oxygens (including phenoxy) is 1. The van der Waals surface area contributed by atoms with E-state index in [1.54, 1.807) is 18.2 Å². The lowest BCUT2D eigenvalue weighted by molar-refractivity contribution is 0.387. The largest absolute Gasteiger partial charge is 0.493 e. The zero-order valence-electron chi connectivity index (χ0n) is 8.88. The van der Waals surface area contributed by atoms with E-state index < -0.39 is 5.82 Å². The zero-order chi connectivity index (χ0) is 12.4. The van der Waals surface area contributed by atoms with Crippen LogP contribution < -0.4 is 4.74 Å². The number of hydrogen-bond acceptors (Lipinski definition) is 2. The van der Waals surface area contributed by atoms with Gasteiger partial charge in [-0.15, -0.1) is 0 Å². The fourth-order valence-electron chi connectivity index (χ4n) is 1.53. The molecule has 0 saturated carbocycles. The van der Waals surface area contributed by atoms with Crippen LogP contribution in [0, 0.1) is 5.82 Å². The second kappa shape index (κ2) is 4.90. The van der Waals surface area contributed by atoms with E-state index in [9.17, 15) is 4.39 Å². The highest BCUT2D eigenvalue weighted by atomic mass is 35.5. The first-order chi connectivity index (χ1) is 8.13. The van der Waals surface area contributed by atoms with Crippen molar-refractivity contribution in [3.8, 4) is 16.9 Å². The Labute approximate surface area is 108 Å². The second-order valence-corrected chi connectivity index (χ2v) is 4.17. The Hall–Kier alpha value is -1.32. The second-order valence-electron chi connectivity index (χ2n) is 3.33. The van der Waals surface area contributed by atoms with Crippen LogP contribution >= 0.6 is 23.2 Å². The van der Waals surface area contributed by atoms with Gasteiger partial charge in [-0.1, -0.05) is 29.3 Å². The molecule has 1 aromatic heterocycles. The molecule has 0 N–H and O–H groups in total. The topological polar surface area (TPSA) is 22.1 Å². The van der Waals surface area contributed by atoms with E-state index >= 15 is 0 Å². The van der Waals surface area contributed by atoms with Gasteiger partial charge in [0.15, 0.2) is 11.6 Å². The summed E-state index contributed by atoms with van der Waals surface area (Å²) >= 11 is 11.9. The van der Waals surface area contributed by atoms with Crippen molar-refractivity contribution in [3.05, 3.63) is 46.5 Å². The van der Waals surface area contributed by atoms with E-state index in [0.717, 1.165) is 6.20 Å². The van der Waals surface area contributed by atoms with Gasteiger partial charge in [-0.2, -0.15) is 0 Å². The molecule has 0 aliphatic rings. The number of rotatable bonds is 2. The summed E-state index contributed by atoms with van der Waals surface area (Å²) in [6, 6.07) is 4.96. The number of methoxy groups -OCH3 is 1. The number of pyridine rings is 1. The molecule has 0 aliphatic heterocycles. The maximum atomic E-state index is 13.5. The standard InChI is InChI=1S/C12H8Cl2FNO/c1-17-12-9(5-16-6-11(12)15)8-3-2-7(13)4-10(8)14/h2-6H,1H3. The van der Waals surface area contributed by atoms with Crippen LogP contribution in [0.15, 0.2) is 30.6 Å². The first-order valence-corrected chi connectivity index (χ1v) is 5.52. The normalized spacial score (nSPS) is 10.4. The molecule has 2 rings (SSSR count).